The van der Waals surface area contributed by atoms with Crippen LogP contribution < -0.4 is 11.1 Å². The zero-order chi connectivity index (χ0) is 17.8. The number of nitrogens with zero attached hydrogens (tertiary/aromatic N) is 1. The van der Waals surface area contributed by atoms with E-state index in [0.29, 0.717) is 19.0 Å². The van der Waals surface area contributed by atoms with Crippen LogP contribution in [-0.4, -0.2) is 47.5 Å². The van der Waals surface area contributed by atoms with Crippen LogP contribution in [0.5, 0.6) is 0 Å². The molecule has 0 aliphatic carbocycles. The summed E-state index contributed by atoms with van der Waals surface area (Å²) in [5.74, 6) is -0.392. The predicted molar refractivity (Wildman–Crippen MR) is 86.5 cm³/mol. The van der Waals surface area contributed by atoms with Crippen LogP contribution in [0.3, 0.4) is 0 Å². The van der Waals surface area contributed by atoms with Crippen LogP contribution in [0.2, 0.25) is 0 Å². The Morgan fingerprint density at radius 3 is 2.39 bits per heavy atom. The molecule has 0 aromatic carbocycles. The molecule has 132 valence electrons. The Kier molecular flexibility index (Phi) is 6.41. The number of ether oxygens (including phenoxy) is 1. The number of carbonyl (C=O) groups is 3. The number of nitrogens with one attached hydrogen (secondary N) is 1. The molecule has 3 N–H and O–H groups in total. The topological polar surface area (TPSA) is 102 Å². The van der Waals surface area contributed by atoms with Gasteiger partial charge in [-0.25, -0.2) is 4.79 Å². The van der Waals surface area contributed by atoms with E-state index in [1.165, 1.54) is 0 Å². The molecular weight excluding hydrogens is 298 g/mol. The number of hydrogen-bond donors (Lipinski definition) is 2. The smallest absolute Gasteiger partial charge is 0.407 e. The Labute approximate surface area is 137 Å². The van der Waals surface area contributed by atoms with E-state index in [1.807, 2.05) is 27.7 Å². The highest BCUT2D eigenvalue weighted by Gasteiger charge is 2.34. The van der Waals surface area contributed by atoms with Gasteiger partial charge in [-0.1, -0.05) is 6.92 Å². The lowest BCUT2D eigenvalue weighted by Gasteiger charge is -2.41. The van der Waals surface area contributed by atoms with Crippen molar-refractivity contribution < 1.29 is 19.1 Å². The van der Waals surface area contributed by atoms with Gasteiger partial charge in [-0.3, -0.25) is 9.59 Å². The Balaban J connectivity index is 2.59. The van der Waals surface area contributed by atoms with Crippen LogP contribution in [0, 0.1) is 11.8 Å². The van der Waals surface area contributed by atoms with Crippen molar-refractivity contribution in [2.45, 2.75) is 59.1 Å². The average molecular weight is 327 g/mol. The fourth-order valence-corrected chi connectivity index (χ4v) is 2.86. The Morgan fingerprint density at radius 1 is 1.26 bits per heavy atom. The van der Waals surface area contributed by atoms with Crippen LogP contribution in [0.1, 0.15) is 47.5 Å². The van der Waals surface area contributed by atoms with Crippen LogP contribution >= 0.6 is 0 Å². The van der Waals surface area contributed by atoms with E-state index < -0.39 is 17.6 Å². The molecule has 1 rings (SSSR count). The summed E-state index contributed by atoms with van der Waals surface area (Å²) in [7, 11) is 0. The molecule has 0 aromatic heterocycles. The molecule has 23 heavy (non-hydrogen) atoms. The number of primary amides is 1. The summed E-state index contributed by atoms with van der Waals surface area (Å²) in [5, 5.41) is 2.76. The number of likely N-dealkylation sites (tertiary alicyclic amines) is 1. The minimum atomic E-state index is -0.621. The van der Waals surface area contributed by atoms with E-state index in [-0.39, 0.29) is 24.3 Å². The lowest BCUT2D eigenvalue weighted by Crippen LogP contribution is -2.51. The third-order valence-corrected chi connectivity index (χ3v) is 4.03. The molecule has 7 heteroatoms. The number of amides is 3. The second-order valence-electron chi connectivity index (χ2n) is 7.39. The largest absolute Gasteiger partial charge is 0.444 e. The standard InChI is InChI=1S/C16H29N3O4/c1-10-6-11(2)19(14(21)7-13(17)20)9-12(10)8-18-15(22)23-16(3,4)5/h10-12H,6-9H2,1-5H3,(H2,17,20)(H,18,22)/t10-,11-,12-/m1/s1. The van der Waals surface area contributed by atoms with Crippen LogP contribution in [0.15, 0.2) is 0 Å². The summed E-state index contributed by atoms with van der Waals surface area (Å²) >= 11 is 0. The number of nitrogens with two attached hydrogens (primary N) is 1. The van der Waals surface area contributed by atoms with Gasteiger partial charge in [-0.05, 0) is 46.0 Å². The normalized spacial score (nSPS) is 24.9. The molecule has 1 fully saturated rings. The number of hydrogen-bond acceptors (Lipinski definition) is 4. The average Bonchev–Trinajstić information content (AvgIpc) is 2.34. The van der Waals surface area contributed by atoms with Crippen molar-refractivity contribution in [1.29, 1.82) is 0 Å². The molecule has 0 saturated carbocycles. The quantitative estimate of drug-likeness (QED) is 0.759. The monoisotopic (exact) mass is 327 g/mol. The highest BCUT2D eigenvalue weighted by atomic mass is 16.6. The minimum Gasteiger partial charge on any atom is -0.444 e. The maximum absolute atomic E-state index is 12.1. The van der Waals surface area contributed by atoms with Gasteiger partial charge in [0.1, 0.15) is 12.0 Å². The number of piperidine rings is 1. The maximum atomic E-state index is 12.1. The van der Waals surface area contributed by atoms with Crippen molar-refractivity contribution in [1.82, 2.24) is 10.2 Å². The lowest BCUT2D eigenvalue weighted by atomic mass is 9.83. The third kappa shape index (κ3) is 6.46. The van der Waals surface area contributed by atoms with E-state index >= 15 is 0 Å². The summed E-state index contributed by atoms with van der Waals surface area (Å²) in [6.07, 6.45) is 0.0918. The first-order valence-electron chi connectivity index (χ1n) is 8.04. The fraction of sp³-hybridized carbons (Fsp3) is 0.812. The summed E-state index contributed by atoms with van der Waals surface area (Å²) in [6, 6.07) is 0.0645. The second kappa shape index (κ2) is 7.66. The van der Waals surface area contributed by atoms with Gasteiger partial charge >= 0.3 is 6.09 Å². The number of alkyl carbamates (subject to hydrolysis) is 1. The number of carbonyl (C=O) groups excluding carboxylic acids is 3. The molecule has 1 aliphatic rings. The van der Waals surface area contributed by atoms with Gasteiger partial charge < -0.3 is 20.7 Å². The SMILES string of the molecule is C[C@@H]1C[C@@H](C)N(C(=O)CC(N)=O)C[C@H]1CNC(=O)OC(C)(C)C. The van der Waals surface area contributed by atoms with Gasteiger partial charge in [0.05, 0.1) is 0 Å². The van der Waals surface area contributed by atoms with Crippen molar-refractivity contribution in [3.63, 3.8) is 0 Å². The molecule has 0 spiro atoms. The Hall–Kier alpha value is -1.79. The molecule has 3 amide bonds. The van der Waals surface area contributed by atoms with Crippen molar-refractivity contribution in [3.05, 3.63) is 0 Å². The molecule has 0 unspecified atom stereocenters. The van der Waals surface area contributed by atoms with E-state index in [9.17, 15) is 14.4 Å². The third-order valence-electron chi connectivity index (χ3n) is 4.03. The molecule has 1 aliphatic heterocycles. The van der Waals surface area contributed by atoms with Crippen molar-refractivity contribution in [2.75, 3.05) is 13.1 Å². The summed E-state index contributed by atoms with van der Waals surface area (Å²) in [5.41, 5.74) is 4.56. The first kappa shape index (κ1) is 19.3. The lowest BCUT2D eigenvalue weighted by molar-refractivity contribution is -0.139. The summed E-state index contributed by atoms with van der Waals surface area (Å²) < 4.78 is 5.22. The van der Waals surface area contributed by atoms with Gasteiger partial charge in [0.25, 0.3) is 0 Å². The van der Waals surface area contributed by atoms with Crippen LogP contribution in [0.25, 0.3) is 0 Å². The second-order valence-corrected chi connectivity index (χ2v) is 7.39. The van der Waals surface area contributed by atoms with Crippen LogP contribution in [-0.2, 0) is 14.3 Å². The first-order chi connectivity index (χ1) is 10.5. The van der Waals surface area contributed by atoms with Gasteiger partial charge in [0.2, 0.25) is 11.8 Å². The molecule has 0 radical (unpaired) electrons. The zero-order valence-electron chi connectivity index (χ0n) is 14.7. The highest BCUT2D eigenvalue weighted by molar-refractivity contribution is 5.96. The first-order valence-corrected chi connectivity index (χ1v) is 8.04. The van der Waals surface area contributed by atoms with Gasteiger partial charge in [0.15, 0.2) is 0 Å². The van der Waals surface area contributed by atoms with E-state index in [0.717, 1.165) is 6.42 Å². The molecule has 0 aromatic rings. The van der Waals surface area contributed by atoms with Crippen molar-refractivity contribution >= 4 is 17.9 Å². The Morgan fingerprint density at radius 2 is 1.87 bits per heavy atom. The highest BCUT2D eigenvalue weighted by Crippen LogP contribution is 2.27. The molecule has 3 atom stereocenters. The van der Waals surface area contributed by atoms with E-state index in [1.54, 1.807) is 4.90 Å². The molecule has 1 saturated heterocycles. The molecule has 1 heterocycles. The van der Waals surface area contributed by atoms with Crippen LogP contribution in [0.4, 0.5) is 4.79 Å². The van der Waals surface area contributed by atoms with Crippen molar-refractivity contribution in [3.8, 4) is 0 Å². The fourth-order valence-electron chi connectivity index (χ4n) is 2.86. The predicted octanol–water partition coefficient (Wildman–Crippen LogP) is 1.26. The number of rotatable bonds is 4. The van der Waals surface area contributed by atoms with E-state index in [4.69, 9.17) is 10.5 Å². The van der Waals surface area contributed by atoms with Gasteiger partial charge in [-0.2, -0.15) is 0 Å². The molecular formula is C16H29N3O4. The van der Waals surface area contributed by atoms with Gasteiger partial charge in [-0.15, -0.1) is 0 Å². The molecule has 7 nitrogen and oxygen atoms in total. The van der Waals surface area contributed by atoms with E-state index in [2.05, 4.69) is 12.2 Å². The maximum Gasteiger partial charge on any atom is 0.407 e. The zero-order valence-corrected chi connectivity index (χ0v) is 14.7. The minimum absolute atomic E-state index is 0.0645. The van der Waals surface area contributed by atoms with Crippen molar-refractivity contribution in [2.24, 2.45) is 17.6 Å². The Bertz CT molecular complexity index is 459. The molecule has 0 bridgehead atoms. The summed E-state index contributed by atoms with van der Waals surface area (Å²) in [6.45, 7) is 10.4. The summed E-state index contributed by atoms with van der Waals surface area (Å²) in [4.78, 5) is 36.5. The van der Waals surface area contributed by atoms with Gasteiger partial charge in [0, 0.05) is 19.1 Å².